The first kappa shape index (κ1) is 16.5. The summed E-state index contributed by atoms with van der Waals surface area (Å²) in [5.41, 5.74) is 0.874. The molecule has 22 heavy (non-hydrogen) atoms. The highest BCUT2D eigenvalue weighted by molar-refractivity contribution is 7.90. The third kappa shape index (κ3) is 3.87. The fourth-order valence-electron chi connectivity index (χ4n) is 1.91. The molecule has 0 fully saturated rings. The van der Waals surface area contributed by atoms with Crippen molar-refractivity contribution in [1.82, 2.24) is 0 Å². The van der Waals surface area contributed by atoms with Gasteiger partial charge < -0.3 is 4.74 Å². The predicted octanol–water partition coefficient (Wildman–Crippen LogP) is 3.66. The molecule has 6 heteroatoms. The zero-order chi connectivity index (χ0) is 16.3. The lowest BCUT2D eigenvalue weighted by Crippen LogP contribution is -2.11. The van der Waals surface area contributed by atoms with Crippen LogP contribution in [0.1, 0.15) is 28.9 Å². The minimum Gasteiger partial charge on any atom is -0.454 e. The average molecular weight is 339 g/mol. The third-order valence-electron chi connectivity index (χ3n) is 3.14. The molecule has 2 aromatic carbocycles. The molecule has 0 amide bonds. The number of halogens is 1. The number of sulfone groups is 1. The van der Waals surface area contributed by atoms with Crippen LogP contribution in [0.4, 0.5) is 0 Å². The van der Waals surface area contributed by atoms with Crippen LogP contribution in [0.15, 0.2) is 53.4 Å². The SMILES string of the molecule is CC(OC(=O)c1cc(S(C)(=O)=O)ccc1Cl)c1ccccc1. The van der Waals surface area contributed by atoms with E-state index < -0.39 is 21.9 Å². The van der Waals surface area contributed by atoms with E-state index in [4.69, 9.17) is 16.3 Å². The summed E-state index contributed by atoms with van der Waals surface area (Å²) < 4.78 is 28.5. The Balaban J connectivity index is 2.26. The van der Waals surface area contributed by atoms with E-state index >= 15 is 0 Å². The first-order valence-electron chi connectivity index (χ1n) is 6.54. The van der Waals surface area contributed by atoms with Crippen molar-refractivity contribution in [3.05, 3.63) is 64.7 Å². The molecule has 0 aromatic heterocycles. The van der Waals surface area contributed by atoms with Gasteiger partial charge in [-0.1, -0.05) is 41.9 Å². The normalized spacial score (nSPS) is 12.7. The van der Waals surface area contributed by atoms with E-state index in [1.807, 2.05) is 30.3 Å². The van der Waals surface area contributed by atoms with E-state index in [9.17, 15) is 13.2 Å². The summed E-state index contributed by atoms with van der Waals surface area (Å²) in [4.78, 5) is 12.3. The number of hydrogen-bond acceptors (Lipinski definition) is 4. The van der Waals surface area contributed by atoms with Crippen molar-refractivity contribution in [2.75, 3.05) is 6.26 Å². The number of benzene rings is 2. The predicted molar refractivity (Wildman–Crippen MR) is 84.8 cm³/mol. The summed E-state index contributed by atoms with van der Waals surface area (Å²) in [6, 6.07) is 13.2. The van der Waals surface area contributed by atoms with Gasteiger partial charge in [0.1, 0.15) is 6.10 Å². The Kier molecular flexibility index (Phi) is 4.88. The van der Waals surface area contributed by atoms with Crippen LogP contribution in [0.2, 0.25) is 5.02 Å². The van der Waals surface area contributed by atoms with Gasteiger partial charge >= 0.3 is 5.97 Å². The maximum atomic E-state index is 12.2. The van der Waals surface area contributed by atoms with Crippen LogP contribution < -0.4 is 0 Å². The molecule has 0 bridgehead atoms. The number of ether oxygens (including phenoxy) is 1. The molecule has 0 aliphatic carbocycles. The Bertz CT molecular complexity index is 785. The molecular weight excluding hydrogens is 324 g/mol. The average Bonchev–Trinajstić information content (AvgIpc) is 2.47. The first-order chi connectivity index (χ1) is 10.3. The molecule has 0 saturated carbocycles. The molecule has 2 rings (SSSR count). The van der Waals surface area contributed by atoms with Gasteiger partial charge in [0.2, 0.25) is 0 Å². The molecule has 116 valence electrons. The van der Waals surface area contributed by atoms with Crippen LogP contribution in [-0.4, -0.2) is 20.6 Å². The monoisotopic (exact) mass is 338 g/mol. The summed E-state index contributed by atoms with van der Waals surface area (Å²) in [6.07, 6.45) is 0.601. The second-order valence-corrected chi connectivity index (χ2v) is 7.29. The summed E-state index contributed by atoms with van der Waals surface area (Å²) in [5, 5.41) is 0.151. The maximum Gasteiger partial charge on any atom is 0.340 e. The van der Waals surface area contributed by atoms with Crippen LogP contribution in [0.5, 0.6) is 0 Å². The summed E-state index contributed by atoms with van der Waals surface area (Å²) in [7, 11) is -3.42. The number of carbonyl (C=O) groups excluding carboxylic acids is 1. The highest BCUT2D eigenvalue weighted by Gasteiger charge is 2.19. The quantitative estimate of drug-likeness (QED) is 0.798. The van der Waals surface area contributed by atoms with Crippen LogP contribution in [0.3, 0.4) is 0 Å². The van der Waals surface area contributed by atoms with Gasteiger partial charge in [0.15, 0.2) is 9.84 Å². The van der Waals surface area contributed by atoms with Gasteiger partial charge in [-0.15, -0.1) is 0 Å². The topological polar surface area (TPSA) is 60.4 Å². The third-order valence-corrected chi connectivity index (χ3v) is 4.58. The largest absolute Gasteiger partial charge is 0.454 e. The molecule has 0 N–H and O–H groups in total. The van der Waals surface area contributed by atoms with Crippen LogP contribution in [-0.2, 0) is 14.6 Å². The summed E-state index contributed by atoms with van der Waals surface area (Å²) in [5.74, 6) is -0.660. The van der Waals surface area contributed by atoms with Crippen LogP contribution in [0, 0.1) is 0 Å². The number of hydrogen-bond donors (Lipinski definition) is 0. The van der Waals surface area contributed by atoms with E-state index in [1.54, 1.807) is 6.92 Å². The highest BCUT2D eigenvalue weighted by Crippen LogP contribution is 2.24. The molecule has 0 radical (unpaired) electrons. The van der Waals surface area contributed by atoms with E-state index in [0.717, 1.165) is 11.8 Å². The van der Waals surface area contributed by atoms with Crippen molar-refractivity contribution >= 4 is 27.4 Å². The Labute approximate surface area is 134 Å². The van der Waals surface area contributed by atoms with Crippen molar-refractivity contribution < 1.29 is 17.9 Å². The van der Waals surface area contributed by atoms with Gasteiger partial charge in [-0.3, -0.25) is 0 Å². The first-order valence-corrected chi connectivity index (χ1v) is 8.81. The molecule has 1 unspecified atom stereocenters. The second kappa shape index (κ2) is 6.50. The zero-order valence-corrected chi connectivity index (χ0v) is 13.7. The summed E-state index contributed by atoms with van der Waals surface area (Å²) in [6.45, 7) is 1.74. The lowest BCUT2D eigenvalue weighted by molar-refractivity contribution is 0.0338. The molecule has 2 aromatic rings. The zero-order valence-electron chi connectivity index (χ0n) is 12.1. The number of rotatable bonds is 4. The van der Waals surface area contributed by atoms with Crippen molar-refractivity contribution in [1.29, 1.82) is 0 Å². The molecule has 1 atom stereocenters. The fourth-order valence-corrected chi connectivity index (χ4v) is 2.75. The van der Waals surface area contributed by atoms with E-state index in [0.29, 0.717) is 0 Å². The molecule has 0 spiro atoms. The van der Waals surface area contributed by atoms with Crippen molar-refractivity contribution in [2.45, 2.75) is 17.9 Å². The minimum absolute atomic E-state index is 0.0243. The maximum absolute atomic E-state index is 12.2. The van der Waals surface area contributed by atoms with Crippen molar-refractivity contribution in [2.24, 2.45) is 0 Å². The Hall–Kier alpha value is -1.85. The molecule has 0 saturated heterocycles. The molecular formula is C16H15ClO4S. The van der Waals surface area contributed by atoms with E-state index in [1.165, 1.54) is 18.2 Å². The van der Waals surface area contributed by atoms with Crippen LogP contribution >= 0.6 is 11.6 Å². The Morgan fingerprint density at radius 2 is 1.77 bits per heavy atom. The van der Waals surface area contributed by atoms with Gasteiger partial charge in [0, 0.05) is 6.26 Å². The standard InChI is InChI=1S/C16H15ClO4S/c1-11(12-6-4-3-5-7-12)21-16(18)14-10-13(22(2,19)20)8-9-15(14)17/h3-11H,1-2H3. The Morgan fingerprint density at radius 3 is 2.36 bits per heavy atom. The fraction of sp³-hybridized carbons (Fsp3) is 0.188. The molecule has 0 aliphatic rings. The molecule has 0 heterocycles. The number of carbonyl (C=O) groups is 1. The minimum atomic E-state index is -3.42. The van der Waals surface area contributed by atoms with Gasteiger partial charge in [0.25, 0.3) is 0 Å². The van der Waals surface area contributed by atoms with Crippen molar-refractivity contribution in [3.63, 3.8) is 0 Å². The van der Waals surface area contributed by atoms with E-state index in [2.05, 4.69) is 0 Å². The second-order valence-electron chi connectivity index (χ2n) is 4.87. The van der Waals surface area contributed by atoms with Gasteiger partial charge in [0.05, 0.1) is 15.5 Å². The molecule has 4 nitrogen and oxygen atoms in total. The van der Waals surface area contributed by atoms with Crippen LogP contribution in [0.25, 0.3) is 0 Å². The lowest BCUT2D eigenvalue weighted by Gasteiger charge is -2.14. The number of esters is 1. The highest BCUT2D eigenvalue weighted by atomic mass is 35.5. The van der Waals surface area contributed by atoms with E-state index in [-0.39, 0.29) is 15.5 Å². The van der Waals surface area contributed by atoms with Gasteiger partial charge in [-0.25, -0.2) is 13.2 Å². The Morgan fingerprint density at radius 1 is 1.14 bits per heavy atom. The van der Waals surface area contributed by atoms with Crippen molar-refractivity contribution in [3.8, 4) is 0 Å². The van der Waals surface area contributed by atoms with Gasteiger partial charge in [-0.05, 0) is 30.7 Å². The smallest absolute Gasteiger partial charge is 0.340 e. The summed E-state index contributed by atoms with van der Waals surface area (Å²) >= 11 is 5.97. The van der Waals surface area contributed by atoms with Gasteiger partial charge in [-0.2, -0.15) is 0 Å². The molecule has 0 aliphatic heterocycles. The lowest BCUT2D eigenvalue weighted by atomic mass is 10.1.